The molecule has 0 aliphatic rings. The van der Waals surface area contributed by atoms with Gasteiger partial charge in [0, 0.05) is 19.6 Å². The number of hydrogen-bond donors (Lipinski definition) is 2. The van der Waals surface area contributed by atoms with Crippen molar-refractivity contribution in [1.82, 2.24) is 9.55 Å². The van der Waals surface area contributed by atoms with E-state index in [0.717, 1.165) is 12.1 Å². The maximum atomic E-state index is 12.8. The molecule has 0 saturated carbocycles. The summed E-state index contributed by atoms with van der Waals surface area (Å²) in [6.45, 7) is 8.71. The van der Waals surface area contributed by atoms with Gasteiger partial charge >= 0.3 is 11.9 Å². The molecular formula is C20H27F3N4O2. The summed E-state index contributed by atoms with van der Waals surface area (Å²) in [6, 6.07) is 4.78. The van der Waals surface area contributed by atoms with Crippen LogP contribution in [0.2, 0.25) is 0 Å². The Balaban J connectivity index is 2.48. The molecule has 0 bridgehead atoms. The lowest BCUT2D eigenvalue weighted by molar-refractivity contribution is -0.137. The van der Waals surface area contributed by atoms with Gasteiger partial charge in [0.2, 0.25) is 0 Å². The lowest BCUT2D eigenvalue weighted by Gasteiger charge is -2.28. The summed E-state index contributed by atoms with van der Waals surface area (Å²) in [6.07, 6.45) is -4.41. The van der Waals surface area contributed by atoms with Gasteiger partial charge in [-0.2, -0.15) is 13.2 Å². The van der Waals surface area contributed by atoms with Crippen LogP contribution in [0.3, 0.4) is 0 Å². The molecule has 1 aromatic carbocycles. The Morgan fingerprint density at radius 3 is 2.14 bits per heavy atom. The Bertz CT molecular complexity index is 944. The molecule has 0 unspecified atom stereocenters. The van der Waals surface area contributed by atoms with Crippen LogP contribution in [-0.4, -0.2) is 16.1 Å². The number of nitrogens with zero attached hydrogens (tertiary/aromatic N) is 2. The van der Waals surface area contributed by atoms with Gasteiger partial charge in [0.1, 0.15) is 11.5 Å². The monoisotopic (exact) mass is 412 g/mol. The fourth-order valence-electron chi connectivity index (χ4n) is 3.12. The number of nitrogen functional groups attached to an aromatic ring is 1. The summed E-state index contributed by atoms with van der Waals surface area (Å²) in [5.74, 6) is 0.330. The van der Waals surface area contributed by atoms with Crippen molar-refractivity contribution in [3.63, 3.8) is 0 Å². The molecule has 0 spiro atoms. The van der Waals surface area contributed by atoms with Crippen molar-refractivity contribution < 1.29 is 13.2 Å². The zero-order valence-electron chi connectivity index (χ0n) is 17.0. The van der Waals surface area contributed by atoms with Crippen molar-refractivity contribution >= 4 is 11.5 Å². The predicted octanol–water partition coefficient (Wildman–Crippen LogP) is 3.46. The summed E-state index contributed by atoms with van der Waals surface area (Å²) < 4.78 is 39.7. The van der Waals surface area contributed by atoms with E-state index < -0.39 is 23.0 Å². The summed E-state index contributed by atoms with van der Waals surface area (Å²) in [5.41, 5.74) is 5.02. The van der Waals surface area contributed by atoms with Crippen LogP contribution in [0.15, 0.2) is 33.9 Å². The first-order chi connectivity index (χ1) is 13.4. The Morgan fingerprint density at radius 2 is 1.66 bits per heavy atom. The summed E-state index contributed by atoms with van der Waals surface area (Å²) in [7, 11) is 0. The lowest BCUT2D eigenvalue weighted by Crippen LogP contribution is -2.40. The number of anilines is 2. The number of benzene rings is 1. The van der Waals surface area contributed by atoms with E-state index in [-0.39, 0.29) is 29.9 Å². The standard InChI is InChI=1S/C20H27F3N4O2/c1-12(2)9-26(11-14-5-7-15(8-6-14)20(21,22)23)16-17(24)27(10-13(3)4)19(29)25-18(16)28/h5-8,12-13H,9-11,24H2,1-4H3,(H,25,28,29). The summed E-state index contributed by atoms with van der Waals surface area (Å²) in [5, 5.41) is 0. The molecule has 0 radical (unpaired) electrons. The number of hydrogen-bond acceptors (Lipinski definition) is 4. The third kappa shape index (κ3) is 5.65. The number of nitrogens with two attached hydrogens (primary N) is 1. The van der Waals surface area contributed by atoms with E-state index in [1.54, 1.807) is 4.90 Å². The number of alkyl halides is 3. The zero-order valence-corrected chi connectivity index (χ0v) is 17.0. The summed E-state index contributed by atoms with van der Waals surface area (Å²) in [4.78, 5) is 28.8. The molecule has 0 aliphatic carbocycles. The Kier molecular flexibility index (Phi) is 6.81. The second-order valence-electron chi connectivity index (χ2n) is 7.97. The van der Waals surface area contributed by atoms with Crippen molar-refractivity contribution in [2.75, 3.05) is 17.2 Å². The van der Waals surface area contributed by atoms with Crippen LogP contribution in [0.4, 0.5) is 24.7 Å². The van der Waals surface area contributed by atoms with Crippen molar-refractivity contribution in [1.29, 1.82) is 0 Å². The summed E-state index contributed by atoms with van der Waals surface area (Å²) >= 11 is 0. The van der Waals surface area contributed by atoms with Crippen molar-refractivity contribution in [2.45, 2.75) is 47.0 Å². The minimum absolute atomic E-state index is 0.0556. The smallest absolute Gasteiger partial charge is 0.383 e. The zero-order chi connectivity index (χ0) is 21.9. The lowest BCUT2D eigenvalue weighted by atomic mass is 10.1. The van der Waals surface area contributed by atoms with Crippen LogP contribution in [0, 0.1) is 11.8 Å². The van der Waals surface area contributed by atoms with E-state index >= 15 is 0 Å². The first-order valence-corrected chi connectivity index (χ1v) is 9.43. The minimum Gasteiger partial charge on any atom is -0.383 e. The van der Waals surface area contributed by atoms with E-state index in [4.69, 9.17) is 5.73 Å². The number of H-pyrrole nitrogens is 1. The van der Waals surface area contributed by atoms with E-state index in [1.165, 1.54) is 16.7 Å². The fraction of sp³-hybridized carbons (Fsp3) is 0.500. The number of rotatable bonds is 7. The van der Waals surface area contributed by atoms with Crippen molar-refractivity contribution in [3.05, 3.63) is 56.2 Å². The molecule has 0 fully saturated rings. The molecule has 0 saturated heterocycles. The molecule has 2 aromatic rings. The van der Waals surface area contributed by atoms with Gasteiger partial charge in [-0.15, -0.1) is 0 Å². The number of nitrogens with one attached hydrogen (secondary N) is 1. The van der Waals surface area contributed by atoms with Gasteiger partial charge in [-0.25, -0.2) is 4.79 Å². The van der Waals surface area contributed by atoms with Crippen LogP contribution in [0.1, 0.15) is 38.8 Å². The minimum atomic E-state index is -4.41. The highest BCUT2D eigenvalue weighted by Crippen LogP contribution is 2.29. The van der Waals surface area contributed by atoms with Gasteiger partial charge in [0.25, 0.3) is 5.56 Å². The maximum Gasteiger partial charge on any atom is 0.416 e. The van der Waals surface area contributed by atoms with Gasteiger partial charge in [-0.1, -0.05) is 39.8 Å². The Labute approximate surface area is 167 Å². The Hall–Kier alpha value is -2.71. The normalized spacial score (nSPS) is 12.0. The highest BCUT2D eigenvalue weighted by atomic mass is 19.4. The quantitative estimate of drug-likeness (QED) is 0.730. The van der Waals surface area contributed by atoms with Crippen LogP contribution in [-0.2, 0) is 19.3 Å². The molecule has 6 nitrogen and oxygen atoms in total. The topological polar surface area (TPSA) is 84.1 Å². The predicted molar refractivity (Wildman–Crippen MR) is 108 cm³/mol. The number of halogens is 3. The van der Waals surface area contributed by atoms with Gasteiger partial charge in [-0.05, 0) is 29.5 Å². The molecule has 1 heterocycles. The van der Waals surface area contributed by atoms with E-state index in [0.29, 0.717) is 18.7 Å². The van der Waals surface area contributed by atoms with Gasteiger partial charge in [0.05, 0.1) is 5.56 Å². The molecule has 0 atom stereocenters. The molecule has 160 valence electrons. The molecular weight excluding hydrogens is 385 g/mol. The Morgan fingerprint density at radius 1 is 1.07 bits per heavy atom. The van der Waals surface area contributed by atoms with Crippen molar-refractivity contribution in [3.8, 4) is 0 Å². The average Bonchev–Trinajstić information content (AvgIpc) is 2.57. The van der Waals surface area contributed by atoms with Crippen LogP contribution < -0.4 is 21.9 Å². The molecule has 0 aliphatic heterocycles. The third-order valence-corrected chi connectivity index (χ3v) is 4.32. The third-order valence-electron chi connectivity index (χ3n) is 4.32. The maximum absolute atomic E-state index is 12.8. The second-order valence-corrected chi connectivity index (χ2v) is 7.97. The molecule has 1 aromatic heterocycles. The van der Waals surface area contributed by atoms with Gasteiger partial charge in [0.15, 0.2) is 0 Å². The highest BCUT2D eigenvalue weighted by molar-refractivity contribution is 5.62. The molecule has 0 amide bonds. The first-order valence-electron chi connectivity index (χ1n) is 9.43. The van der Waals surface area contributed by atoms with E-state index in [1.807, 2.05) is 27.7 Å². The molecule has 2 rings (SSSR count). The number of aromatic nitrogens is 2. The van der Waals surface area contributed by atoms with Crippen LogP contribution >= 0.6 is 0 Å². The van der Waals surface area contributed by atoms with Gasteiger partial charge < -0.3 is 10.6 Å². The molecule has 29 heavy (non-hydrogen) atoms. The first kappa shape index (κ1) is 22.6. The second kappa shape index (κ2) is 8.75. The van der Waals surface area contributed by atoms with E-state index in [9.17, 15) is 22.8 Å². The molecule has 3 N–H and O–H groups in total. The van der Waals surface area contributed by atoms with Gasteiger partial charge in [-0.3, -0.25) is 14.3 Å². The SMILES string of the molecule is CC(C)CN(Cc1ccc(C(F)(F)F)cc1)c1c(N)n(CC(C)C)c(=O)[nH]c1=O. The highest BCUT2D eigenvalue weighted by Gasteiger charge is 2.30. The largest absolute Gasteiger partial charge is 0.416 e. The van der Waals surface area contributed by atoms with Crippen LogP contribution in [0.5, 0.6) is 0 Å². The van der Waals surface area contributed by atoms with Crippen LogP contribution in [0.25, 0.3) is 0 Å². The molecule has 9 heteroatoms. The fourth-order valence-corrected chi connectivity index (χ4v) is 3.12. The van der Waals surface area contributed by atoms with Crippen molar-refractivity contribution in [2.24, 2.45) is 11.8 Å². The number of aromatic amines is 1. The van der Waals surface area contributed by atoms with E-state index in [2.05, 4.69) is 4.98 Å². The average molecular weight is 412 g/mol.